The van der Waals surface area contributed by atoms with Gasteiger partial charge >= 0.3 is 0 Å². The minimum atomic E-state index is 0.696. The van der Waals surface area contributed by atoms with E-state index in [1.54, 1.807) is 24.8 Å². The molecule has 410 valence electrons. The van der Waals surface area contributed by atoms with Crippen LogP contribution in [0.25, 0.3) is 33.9 Å². The van der Waals surface area contributed by atoms with Gasteiger partial charge in [0, 0.05) is 11.1 Å². The van der Waals surface area contributed by atoms with Crippen LogP contribution in [0.1, 0.15) is 181 Å². The molecule has 0 aliphatic heterocycles. The van der Waals surface area contributed by atoms with Crippen molar-refractivity contribution in [3.05, 3.63) is 122 Å². The molecule has 0 unspecified atom stereocenters. The zero-order chi connectivity index (χ0) is 52.8. The fraction of sp³-hybridized carbons (Fsp3) is 0.515. The number of ether oxygens (including phenoxy) is 6. The number of hydrogen-bond donors (Lipinski definition) is 0. The van der Waals surface area contributed by atoms with Crippen LogP contribution in [-0.4, -0.2) is 59.6 Å². The molecule has 10 heteroatoms. The molecule has 0 spiro atoms. The molecule has 0 saturated carbocycles. The van der Waals surface area contributed by atoms with Crippen LogP contribution >= 0.6 is 0 Å². The summed E-state index contributed by atoms with van der Waals surface area (Å²) < 4.78 is 35.8. The maximum absolute atomic E-state index is 6.07. The highest BCUT2D eigenvalue weighted by Gasteiger charge is 2.07. The average Bonchev–Trinajstić information content (AvgIpc) is 3.46. The number of aromatic nitrogens is 4. The highest BCUT2D eigenvalue weighted by molar-refractivity contribution is 5.65. The first-order valence-corrected chi connectivity index (χ1v) is 29.5. The fourth-order valence-electron chi connectivity index (χ4n) is 9.05. The first kappa shape index (κ1) is 59.1. The van der Waals surface area contributed by atoms with E-state index in [0.717, 1.165) is 124 Å². The van der Waals surface area contributed by atoms with Crippen molar-refractivity contribution < 1.29 is 28.4 Å². The van der Waals surface area contributed by atoms with E-state index in [0.29, 0.717) is 11.6 Å². The largest absolute Gasteiger partial charge is 0.494 e. The molecule has 0 saturated heterocycles. The van der Waals surface area contributed by atoms with Gasteiger partial charge in [-0.05, 0) is 122 Å². The van der Waals surface area contributed by atoms with Crippen molar-refractivity contribution >= 4 is 0 Å². The first-order valence-electron chi connectivity index (χ1n) is 29.5. The van der Waals surface area contributed by atoms with Crippen LogP contribution in [0.4, 0.5) is 0 Å². The molecule has 0 radical (unpaired) electrons. The Morgan fingerprint density at radius 1 is 0.224 bits per heavy atom. The third-order valence-electron chi connectivity index (χ3n) is 13.7. The SMILES string of the molecule is CCCCCCCCOc1cnc(-c2ccc(OCCCCCCCCCOc3ccc(-c4ccc(OCCCCCCCCCOc5ccc(-c6ncc(OCCCCCCCC)cn6)cc5)cc4)cc3)cc2)nc1. The van der Waals surface area contributed by atoms with Gasteiger partial charge in [0.2, 0.25) is 0 Å². The van der Waals surface area contributed by atoms with Crippen LogP contribution in [0, 0.1) is 0 Å². The maximum Gasteiger partial charge on any atom is 0.159 e. The predicted octanol–water partition coefficient (Wildman–Crippen LogP) is 18.1. The van der Waals surface area contributed by atoms with Crippen LogP contribution in [0.2, 0.25) is 0 Å². The lowest BCUT2D eigenvalue weighted by atomic mass is 10.1. The summed E-state index contributed by atoms with van der Waals surface area (Å²) in [7, 11) is 0. The molecule has 0 fully saturated rings. The van der Waals surface area contributed by atoms with E-state index in [1.807, 2.05) is 48.5 Å². The van der Waals surface area contributed by atoms with E-state index in [1.165, 1.54) is 140 Å². The van der Waals surface area contributed by atoms with Crippen molar-refractivity contribution in [3.63, 3.8) is 0 Å². The quantitative estimate of drug-likeness (QED) is 0.0344. The zero-order valence-electron chi connectivity index (χ0n) is 46.4. The Hall–Kier alpha value is -6.16. The highest BCUT2D eigenvalue weighted by atomic mass is 16.5. The topological polar surface area (TPSA) is 107 Å². The molecular formula is C66H90N4O6. The Morgan fingerprint density at radius 2 is 0.421 bits per heavy atom. The van der Waals surface area contributed by atoms with Gasteiger partial charge in [-0.3, -0.25) is 0 Å². The summed E-state index contributed by atoms with van der Waals surface area (Å²) in [4.78, 5) is 18.1. The molecule has 6 aromatic rings. The van der Waals surface area contributed by atoms with Crippen molar-refractivity contribution in [1.29, 1.82) is 0 Å². The average molecular weight is 1040 g/mol. The van der Waals surface area contributed by atoms with E-state index in [-0.39, 0.29) is 0 Å². The molecule has 0 atom stereocenters. The van der Waals surface area contributed by atoms with Gasteiger partial charge in [-0.2, -0.15) is 0 Å². The van der Waals surface area contributed by atoms with Gasteiger partial charge in [-0.15, -0.1) is 0 Å². The fourth-order valence-corrected chi connectivity index (χ4v) is 9.05. The van der Waals surface area contributed by atoms with Gasteiger partial charge in [0.1, 0.15) is 23.0 Å². The maximum atomic E-state index is 6.07. The Balaban J connectivity index is 0.700. The third kappa shape index (κ3) is 24.2. The molecule has 0 aliphatic carbocycles. The van der Waals surface area contributed by atoms with E-state index in [2.05, 4.69) is 82.3 Å². The molecule has 0 bridgehead atoms. The second-order valence-corrected chi connectivity index (χ2v) is 20.2. The van der Waals surface area contributed by atoms with Gasteiger partial charge in [0.25, 0.3) is 0 Å². The second kappa shape index (κ2) is 37.6. The summed E-state index contributed by atoms with van der Waals surface area (Å²) in [5, 5.41) is 0. The van der Waals surface area contributed by atoms with Crippen molar-refractivity contribution in [2.24, 2.45) is 0 Å². The number of benzene rings is 4. The predicted molar refractivity (Wildman–Crippen MR) is 311 cm³/mol. The number of rotatable bonds is 43. The van der Waals surface area contributed by atoms with Crippen LogP contribution in [0.3, 0.4) is 0 Å². The van der Waals surface area contributed by atoms with Crippen molar-refractivity contribution in [2.75, 3.05) is 39.6 Å². The molecule has 76 heavy (non-hydrogen) atoms. The molecule has 0 aliphatic rings. The molecular weight excluding hydrogens is 945 g/mol. The van der Waals surface area contributed by atoms with Crippen molar-refractivity contribution in [1.82, 2.24) is 19.9 Å². The Bertz CT molecular complexity index is 2180. The molecule has 4 aromatic carbocycles. The lowest BCUT2D eigenvalue weighted by Gasteiger charge is -2.09. The van der Waals surface area contributed by atoms with E-state index in [9.17, 15) is 0 Å². The Morgan fingerprint density at radius 3 is 0.658 bits per heavy atom. The number of nitrogens with zero attached hydrogens (tertiary/aromatic N) is 4. The number of hydrogen-bond acceptors (Lipinski definition) is 10. The molecule has 2 heterocycles. The highest BCUT2D eigenvalue weighted by Crippen LogP contribution is 2.27. The van der Waals surface area contributed by atoms with Gasteiger partial charge in [0.15, 0.2) is 23.1 Å². The second-order valence-electron chi connectivity index (χ2n) is 20.2. The monoisotopic (exact) mass is 1030 g/mol. The van der Waals surface area contributed by atoms with E-state index in [4.69, 9.17) is 28.4 Å². The van der Waals surface area contributed by atoms with E-state index < -0.39 is 0 Å². The third-order valence-corrected chi connectivity index (χ3v) is 13.7. The minimum Gasteiger partial charge on any atom is -0.494 e. The summed E-state index contributed by atoms with van der Waals surface area (Å²) >= 11 is 0. The van der Waals surface area contributed by atoms with Gasteiger partial charge < -0.3 is 28.4 Å². The Labute approximate surface area is 457 Å². The molecule has 0 amide bonds. The Kier molecular flexibility index (Phi) is 29.2. The zero-order valence-corrected chi connectivity index (χ0v) is 46.4. The summed E-state index contributed by atoms with van der Waals surface area (Å²) in [6.07, 6.45) is 38.5. The smallest absolute Gasteiger partial charge is 0.159 e. The van der Waals surface area contributed by atoms with Crippen LogP contribution in [0.15, 0.2) is 122 Å². The molecule has 2 aromatic heterocycles. The minimum absolute atomic E-state index is 0.696. The van der Waals surface area contributed by atoms with Gasteiger partial charge in [0.05, 0.1) is 64.4 Å². The molecule has 6 rings (SSSR count). The summed E-state index contributed by atoms with van der Waals surface area (Å²) in [6.45, 7) is 8.89. The molecule has 0 N–H and O–H groups in total. The summed E-state index contributed by atoms with van der Waals surface area (Å²) in [6, 6.07) is 33.0. The van der Waals surface area contributed by atoms with Crippen LogP contribution in [0.5, 0.6) is 34.5 Å². The first-order chi connectivity index (χ1) is 37.7. The lowest BCUT2D eigenvalue weighted by molar-refractivity contribution is 0.299. The van der Waals surface area contributed by atoms with E-state index >= 15 is 0 Å². The standard InChI is InChI=1S/C66H90N4O6/c1-3-5-7-9-17-27-49-75-63-51-67-65(68-52-63)57-33-41-61(42-34-57)73-47-25-21-15-11-13-19-23-45-71-59-37-29-55(30-38-59)56-31-39-60(40-32-56)72-46-24-20-14-12-16-22-26-48-74-62-43-35-58(36-44-62)66-69-53-64(54-70-66)76-50-28-18-10-8-6-4-2/h29-44,51-54H,3-28,45-50H2,1-2H3. The lowest BCUT2D eigenvalue weighted by Crippen LogP contribution is -1.99. The summed E-state index contributed by atoms with van der Waals surface area (Å²) in [5.74, 6) is 6.47. The summed E-state index contributed by atoms with van der Waals surface area (Å²) in [5.41, 5.74) is 4.30. The number of unbranched alkanes of at least 4 members (excludes halogenated alkanes) is 22. The van der Waals surface area contributed by atoms with Gasteiger partial charge in [-0.1, -0.05) is 167 Å². The van der Waals surface area contributed by atoms with Gasteiger partial charge in [-0.25, -0.2) is 19.9 Å². The van der Waals surface area contributed by atoms with Crippen LogP contribution < -0.4 is 28.4 Å². The van der Waals surface area contributed by atoms with Crippen LogP contribution in [-0.2, 0) is 0 Å². The van der Waals surface area contributed by atoms with Crippen molar-refractivity contribution in [3.8, 4) is 68.4 Å². The normalized spacial score (nSPS) is 11.1. The molecule has 10 nitrogen and oxygen atoms in total. The van der Waals surface area contributed by atoms with Crippen molar-refractivity contribution in [2.45, 2.75) is 181 Å².